The molecule has 0 aromatic heterocycles. The van der Waals surface area contributed by atoms with E-state index >= 15 is 0 Å². The predicted octanol–water partition coefficient (Wildman–Crippen LogP) is 2.39. The van der Waals surface area contributed by atoms with E-state index in [9.17, 15) is 8.78 Å². The molecular formula is C12H15F2NO. The maximum Gasteiger partial charge on any atom is 0.130 e. The average molecular weight is 227 g/mol. The Bertz CT molecular complexity index is 383. The van der Waals surface area contributed by atoms with Crippen molar-refractivity contribution in [1.82, 2.24) is 0 Å². The lowest BCUT2D eigenvalue weighted by Gasteiger charge is -2.22. The SMILES string of the molecule is CC1OCCC1C(N)c1ccc(F)cc1F. The molecule has 1 aromatic carbocycles. The van der Waals surface area contributed by atoms with Crippen LogP contribution in [0.2, 0.25) is 0 Å². The molecule has 4 heteroatoms. The summed E-state index contributed by atoms with van der Waals surface area (Å²) in [5, 5.41) is 0. The van der Waals surface area contributed by atoms with Crippen LogP contribution in [0.25, 0.3) is 0 Å². The van der Waals surface area contributed by atoms with E-state index in [0.29, 0.717) is 12.2 Å². The van der Waals surface area contributed by atoms with Crippen molar-refractivity contribution in [3.8, 4) is 0 Å². The maximum absolute atomic E-state index is 13.5. The molecule has 3 atom stereocenters. The number of nitrogens with two attached hydrogens (primary N) is 1. The molecule has 0 amide bonds. The number of benzene rings is 1. The molecule has 2 N–H and O–H groups in total. The first-order valence-electron chi connectivity index (χ1n) is 5.41. The zero-order valence-electron chi connectivity index (χ0n) is 9.12. The summed E-state index contributed by atoms with van der Waals surface area (Å²) in [6.07, 6.45) is 0.846. The van der Waals surface area contributed by atoms with Gasteiger partial charge in [0.05, 0.1) is 6.10 Å². The van der Waals surface area contributed by atoms with Gasteiger partial charge in [0.2, 0.25) is 0 Å². The Hall–Kier alpha value is -1.00. The second-order valence-electron chi connectivity index (χ2n) is 4.22. The van der Waals surface area contributed by atoms with Gasteiger partial charge in [0.25, 0.3) is 0 Å². The molecule has 1 aromatic rings. The van der Waals surface area contributed by atoms with Gasteiger partial charge in [-0.05, 0) is 19.4 Å². The third-order valence-electron chi connectivity index (χ3n) is 3.22. The van der Waals surface area contributed by atoms with E-state index in [4.69, 9.17) is 10.5 Å². The lowest BCUT2D eigenvalue weighted by Crippen LogP contribution is -2.27. The molecular weight excluding hydrogens is 212 g/mol. The van der Waals surface area contributed by atoms with Crippen molar-refractivity contribution in [2.75, 3.05) is 6.61 Å². The second kappa shape index (κ2) is 4.47. The van der Waals surface area contributed by atoms with E-state index in [2.05, 4.69) is 0 Å². The average Bonchev–Trinajstić information content (AvgIpc) is 2.63. The van der Waals surface area contributed by atoms with Crippen LogP contribution >= 0.6 is 0 Å². The van der Waals surface area contributed by atoms with E-state index in [1.807, 2.05) is 6.92 Å². The van der Waals surface area contributed by atoms with Gasteiger partial charge in [-0.25, -0.2) is 8.78 Å². The van der Waals surface area contributed by atoms with Gasteiger partial charge in [0.15, 0.2) is 0 Å². The normalized spacial score (nSPS) is 27.0. The Morgan fingerprint density at radius 2 is 2.19 bits per heavy atom. The quantitative estimate of drug-likeness (QED) is 0.842. The van der Waals surface area contributed by atoms with E-state index in [1.54, 1.807) is 0 Å². The topological polar surface area (TPSA) is 35.2 Å². The second-order valence-corrected chi connectivity index (χ2v) is 4.22. The highest BCUT2D eigenvalue weighted by Gasteiger charge is 2.31. The Labute approximate surface area is 93.4 Å². The Balaban J connectivity index is 2.23. The highest BCUT2D eigenvalue weighted by Crippen LogP contribution is 2.32. The summed E-state index contributed by atoms with van der Waals surface area (Å²) in [6, 6.07) is 3.09. The number of rotatable bonds is 2. The van der Waals surface area contributed by atoms with Crippen LogP contribution in [-0.2, 0) is 4.74 Å². The van der Waals surface area contributed by atoms with Crippen molar-refractivity contribution in [3.63, 3.8) is 0 Å². The van der Waals surface area contributed by atoms with Gasteiger partial charge >= 0.3 is 0 Å². The molecule has 1 aliphatic rings. The Morgan fingerprint density at radius 1 is 1.44 bits per heavy atom. The number of halogens is 2. The first-order chi connectivity index (χ1) is 7.59. The fourth-order valence-corrected chi connectivity index (χ4v) is 2.22. The van der Waals surface area contributed by atoms with E-state index in [1.165, 1.54) is 12.1 Å². The van der Waals surface area contributed by atoms with Gasteiger partial charge in [0.1, 0.15) is 11.6 Å². The van der Waals surface area contributed by atoms with Crippen molar-refractivity contribution in [3.05, 3.63) is 35.4 Å². The molecule has 0 radical (unpaired) electrons. The minimum Gasteiger partial charge on any atom is -0.378 e. The van der Waals surface area contributed by atoms with Gasteiger partial charge in [0, 0.05) is 30.2 Å². The molecule has 1 fully saturated rings. The summed E-state index contributed by atoms with van der Waals surface area (Å²) in [6.45, 7) is 2.58. The van der Waals surface area contributed by atoms with Crippen LogP contribution < -0.4 is 5.73 Å². The van der Waals surface area contributed by atoms with E-state index in [0.717, 1.165) is 12.5 Å². The van der Waals surface area contributed by atoms with Gasteiger partial charge in [-0.2, -0.15) is 0 Å². The third kappa shape index (κ3) is 2.08. The first kappa shape index (κ1) is 11.5. The third-order valence-corrected chi connectivity index (χ3v) is 3.22. The summed E-state index contributed by atoms with van der Waals surface area (Å²) in [7, 11) is 0. The zero-order chi connectivity index (χ0) is 11.7. The standard InChI is InChI=1S/C12H15F2NO/c1-7-9(4-5-16-7)12(15)10-3-2-8(13)6-11(10)14/h2-3,6-7,9,12H,4-5,15H2,1H3. The molecule has 2 nitrogen and oxygen atoms in total. The zero-order valence-corrected chi connectivity index (χ0v) is 9.12. The highest BCUT2D eigenvalue weighted by molar-refractivity contribution is 5.23. The Kier molecular flexibility index (Phi) is 3.21. The summed E-state index contributed by atoms with van der Waals surface area (Å²) >= 11 is 0. The molecule has 16 heavy (non-hydrogen) atoms. The number of ether oxygens (including phenoxy) is 1. The van der Waals surface area contributed by atoms with Crippen molar-refractivity contribution >= 4 is 0 Å². The predicted molar refractivity (Wildman–Crippen MR) is 56.8 cm³/mol. The largest absolute Gasteiger partial charge is 0.378 e. The van der Waals surface area contributed by atoms with Crippen LogP contribution in [-0.4, -0.2) is 12.7 Å². The van der Waals surface area contributed by atoms with E-state index < -0.39 is 17.7 Å². The fourth-order valence-electron chi connectivity index (χ4n) is 2.22. The molecule has 88 valence electrons. The van der Waals surface area contributed by atoms with Gasteiger partial charge < -0.3 is 10.5 Å². The maximum atomic E-state index is 13.5. The molecule has 2 rings (SSSR count). The van der Waals surface area contributed by atoms with Crippen LogP contribution in [0.3, 0.4) is 0 Å². The molecule has 1 heterocycles. The summed E-state index contributed by atoms with van der Waals surface area (Å²) in [4.78, 5) is 0. The van der Waals surface area contributed by atoms with Gasteiger partial charge in [-0.15, -0.1) is 0 Å². The van der Waals surface area contributed by atoms with Crippen molar-refractivity contribution in [2.24, 2.45) is 11.7 Å². The molecule has 3 unspecified atom stereocenters. The first-order valence-corrected chi connectivity index (χ1v) is 5.41. The molecule has 1 saturated heterocycles. The minimum atomic E-state index is -0.579. The van der Waals surface area contributed by atoms with Crippen molar-refractivity contribution in [1.29, 1.82) is 0 Å². The van der Waals surface area contributed by atoms with Crippen LogP contribution in [0.15, 0.2) is 18.2 Å². The number of hydrogen-bond donors (Lipinski definition) is 1. The lowest BCUT2D eigenvalue weighted by molar-refractivity contribution is 0.0991. The van der Waals surface area contributed by atoms with Crippen LogP contribution in [0, 0.1) is 17.6 Å². The Morgan fingerprint density at radius 3 is 2.75 bits per heavy atom. The molecule has 0 saturated carbocycles. The minimum absolute atomic E-state index is 0.0273. The fraction of sp³-hybridized carbons (Fsp3) is 0.500. The monoisotopic (exact) mass is 227 g/mol. The molecule has 1 aliphatic heterocycles. The molecule has 0 bridgehead atoms. The van der Waals surface area contributed by atoms with Crippen molar-refractivity contribution < 1.29 is 13.5 Å². The molecule has 0 aliphatic carbocycles. The van der Waals surface area contributed by atoms with Crippen molar-refractivity contribution in [2.45, 2.75) is 25.5 Å². The summed E-state index contributed by atoms with van der Waals surface area (Å²) in [5.41, 5.74) is 6.36. The molecule has 0 spiro atoms. The highest BCUT2D eigenvalue weighted by atomic mass is 19.1. The smallest absolute Gasteiger partial charge is 0.130 e. The summed E-state index contributed by atoms with van der Waals surface area (Å²) < 4.78 is 31.7. The van der Waals surface area contributed by atoms with Crippen LogP contribution in [0.5, 0.6) is 0 Å². The summed E-state index contributed by atoms with van der Waals surface area (Å²) in [5.74, 6) is -1.06. The van der Waals surface area contributed by atoms with Crippen LogP contribution in [0.1, 0.15) is 24.9 Å². The van der Waals surface area contributed by atoms with Gasteiger partial charge in [-0.1, -0.05) is 6.07 Å². The number of hydrogen-bond acceptors (Lipinski definition) is 2. The van der Waals surface area contributed by atoms with E-state index in [-0.39, 0.29) is 12.0 Å². The lowest BCUT2D eigenvalue weighted by atomic mass is 9.89. The van der Waals surface area contributed by atoms with Gasteiger partial charge in [-0.3, -0.25) is 0 Å². The van der Waals surface area contributed by atoms with Crippen LogP contribution in [0.4, 0.5) is 8.78 Å².